The molecule has 0 bridgehead atoms. The van der Waals surface area contributed by atoms with Gasteiger partial charge in [0.05, 0.1) is 0 Å². The third kappa shape index (κ3) is 5.39. The van der Waals surface area contributed by atoms with Crippen molar-refractivity contribution >= 4 is 11.6 Å². The van der Waals surface area contributed by atoms with E-state index in [-0.39, 0.29) is 5.41 Å². The highest BCUT2D eigenvalue weighted by atomic mass is 35.5. The lowest BCUT2D eigenvalue weighted by atomic mass is 9.93. The van der Waals surface area contributed by atoms with Crippen molar-refractivity contribution in [2.75, 3.05) is 19.6 Å². The van der Waals surface area contributed by atoms with E-state index in [0.717, 1.165) is 25.1 Å². The molecule has 0 aliphatic rings. The number of hydrogen-bond donors (Lipinski definition) is 2. The monoisotopic (exact) mass is 284 g/mol. The molecule has 1 aromatic rings. The number of phenols is 1. The predicted molar refractivity (Wildman–Crippen MR) is 81.5 cm³/mol. The fraction of sp³-hybridized carbons (Fsp3) is 0.600. The number of benzene rings is 1. The summed E-state index contributed by atoms with van der Waals surface area (Å²) in [5, 5.41) is 10.6. The molecule has 0 fully saturated rings. The van der Waals surface area contributed by atoms with Crippen LogP contribution in [0.5, 0.6) is 5.75 Å². The van der Waals surface area contributed by atoms with Gasteiger partial charge in [-0.1, -0.05) is 32.4 Å². The second-order valence-electron chi connectivity index (χ2n) is 5.85. The quantitative estimate of drug-likeness (QED) is 0.808. The van der Waals surface area contributed by atoms with Crippen LogP contribution in [0.4, 0.5) is 0 Å². The largest absolute Gasteiger partial charge is 0.508 e. The SMILES string of the molecule is CCCN(Cc1cc(Cl)ccc1O)CC(C)(C)CN. The summed E-state index contributed by atoms with van der Waals surface area (Å²) in [4.78, 5) is 2.32. The second kappa shape index (κ2) is 7.13. The van der Waals surface area contributed by atoms with E-state index in [4.69, 9.17) is 17.3 Å². The van der Waals surface area contributed by atoms with E-state index in [0.29, 0.717) is 23.9 Å². The van der Waals surface area contributed by atoms with E-state index in [1.807, 2.05) is 6.07 Å². The van der Waals surface area contributed by atoms with Crippen molar-refractivity contribution in [2.45, 2.75) is 33.7 Å². The number of phenolic OH excluding ortho intramolecular Hbond substituents is 1. The average Bonchev–Trinajstić information content (AvgIpc) is 2.34. The number of rotatable bonds is 7. The van der Waals surface area contributed by atoms with Gasteiger partial charge in [0.1, 0.15) is 5.75 Å². The van der Waals surface area contributed by atoms with Crippen molar-refractivity contribution in [3.63, 3.8) is 0 Å². The van der Waals surface area contributed by atoms with Crippen LogP contribution in [-0.4, -0.2) is 29.6 Å². The molecule has 0 amide bonds. The van der Waals surface area contributed by atoms with Crippen LogP contribution >= 0.6 is 11.6 Å². The summed E-state index contributed by atoms with van der Waals surface area (Å²) >= 11 is 5.99. The third-order valence-corrected chi connectivity index (χ3v) is 3.41. The Morgan fingerprint density at radius 2 is 2.05 bits per heavy atom. The first-order valence-corrected chi connectivity index (χ1v) is 7.15. The minimum Gasteiger partial charge on any atom is -0.508 e. The van der Waals surface area contributed by atoms with Gasteiger partial charge in [-0.05, 0) is 43.1 Å². The number of hydrogen-bond acceptors (Lipinski definition) is 3. The Morgan fingerprint density at radius 3 is 2.63 bits per heavy atom. The molecular formula is C15H25ClN2O. The first kappa shape index (κ1) is 16.3. The molecule has 0 aliphatic carbocycles. The fourth-order valence-corrected chi connectivity index (χ4v) is 2.32. The van der Waals surface area contributed by atoms with Crippen LogP contribution in [0.25, 0.3) is 0 Å². The molecule has 3 N–H and O–H groups in total. The number of nitrogens with zero attached hydrogens (tertiary/aromatic N) is 1. The number of aromatic hydroxyl groups is 1. The Bertz CT molecular complexity index is 407. The molecule has 19 heavy (non-hydrogen) atoms. The van der Waals surface area contributed by atoms with Crippen LogP contribution in [0.15, 0.2) is 18.2 Å². The van der Waals surface area contributed by atoms with Gasteiger partial charge >= 0.3 is 0 Å². The van der Waals surface area contributed by atoms with Gasteiger partial charge < -0.3 is 10.8 Å². The highest BCUT2D eigenvalue weighted by molar-refractivity contribution is 6.30. The summed E-state index contributed by atoms with van der Waals surface area (Å²) in [5.41, 5.74) is 6.74. The summed E-state index contributed by atoms with van der Waals surface area (Å²) in [6, 6.07) is 5.18. The maximum absolute atomic E-state index is 9.90. The lowest BCUT2D eigenvalue weighted by molar-refractivity contribution is 0.174. The van der Waals surface area contributed by atoms with Gasteiger partial charge in [-0.15, -0.1) is 0 Å². The zero-order valence-corrected chi connectivity index (χ0v) is 12.9. The van der Waals surface area contributed by atoms with Crippen LogP contribution in [0.1, 0.15) is 32.8 Å². The highest BCUT2D eigenvalue weighted by Gasteiger charge is 2.20. The molecule has 0 spiro atoms. The minimum atomic E-state index is 0.0728. The molecule has 0 heterocycles. The van der Waals surface area contributed by atoms with Gasteiger partial charge in [0.15, 0.2) is 0 Å². The van der Waals surface area contributed by atoms with Crippen LogP contribution in [0.3, 0.4) is 0 Å². The van der Waals surface area contributed by atoms with Crippen molar-refractivity contribution in [3.8, 4) is 5.75 Å². The standard InChI is InChI=1S/C15H25ClN2O/c1-4-7-18(11-15(2,3)10-17)9-12-8-13(16)5-6-14(12)19/h5-6,8,19H,4,7,9-11,17H2,1-3H3. The van der Waals surface area contributed by atoms with Crippen LogP contribution < -0.4 is 5.73 Å². The maximum Gasteiger partial charge on any atom is 0.120 e. The smallest absolute Gasteiger partial charge is 0.120 e. The lowest BCUT2D eigenvalue weighted by Gasteiger charge is -2.31. The normalized spacial score (nSPS) is 12.1. The Labute approximate surface area is 121 Å². The van der Waals surface area contributed by atoms with Crippen LogP contribution in [0.2, 0.25) is 5.02 Å². The molecule has 0 saturated heterocycles. The summed E-state index contributed by atoms with van der Waals surface area (Å²) in [5.74, 6) is 0.302. The Balaban J connectivity index is 2.80. The molecule has 0 unspecified atom stereocenters. The molecule has 1 aromatic carbocycles. The zero-order chi connectivity index (χ0) is 14.5. The van der Waals surface area contributed by atoms with E-state index in [1.54, 1.807) is 12.1 Å². The van der Waals surface area contributed by atoms with Gasteiger partial charge in [-0.3, -0.25) is 4.90 Å². The minimum absolute atomic E-state index is 0.0728. The van der Waals surface area contributed by atoms with Gasteiger partial charge in [0.2, 0.25) is 0 Å². The summed E-state index contributed by atoms with van der Waals surface area (Å²) in [6.45, 7) is 9.71. The van der Waals surface area contributed by atoms with Gasteiger partial charge in [0.25, 0.3) is 0 Å². The summed E-state index contributed by atoms with van der Waals surface area (Å²) in [6.07, 6.45) is 1.07. The maximum atomic E-state index is 9.90. The number of halogens is 1. The van der Waals surface area contributed by atoms with E-state index in [1.165, 1.54) is 0 Å². The third-order valence-electron chi connectivity index (χ3n) is 3.18. The van der Waals surface area contributed by atoms with Crippen molar-refractivity contribution in [1.29, 1.82) is 0 Å². The first-order valence-electron chi connectivity index (χ1n) is 6.78. The topological polar surface area (TPSA) is 49.5 Å². The molecular weight excluding hydrogens is 260 g/mol. The second-order valence-corrected chi connectivity index (χ2v) is 6.29. The Kier molecular flexibility index (Phi) is 6.11. The van der Waals surface area contributed by atoms with Crippen molar-refractivity contribution in [1.82, 2.24) is 4.90 Å². The van der Waals surface area contributed by atoms with Gasteiger partial charge in [-0.25, -0.2) is 0 Å². The molecule has 108 valence electrons. The van der Waals surface area contributed by atoms with E-state index < -0.39 is 0 Å². The highest BCUT2D eigenvalue weighted by Crippen LogP contribution is 2.24. The molecule has 4 heteroatoms. The summed E-state index contributed by atoms with van der Waals surface area (Å²) < 4.78 is 0. The molecule has 0 saturated carbocycles. The van der Waals surface area contributed by atoms with Gasteiger partial charge in [-0.2, -0.15) is 0 Å². The van der Waals surface area contributed by atoms with Crippen LogP contribution in [0, 0.1) is 5.41 Å². The summed E-state index contributed by atoms with van der Waals surface area (Å²) in [7, 11) is 0. The lowest BCUT2D eigenvalue weighted by Crippen LogP contribution is -2.38. The van der Waals surface area contributed by atoms with Crippen molar-refractivity contribution in [3.05, 3.63) is 28.8 Å². The molecule has 0 atom stereocenters. The molecule has 0 radical (unpaired) electrons. The van der Waals surface area contributed by atoms with Crippen molar-refractivity contribution in [2.24, 2.45) is 11.1 Å². The van der Waals surface area contributed by atoms with E-state index in [9.17, 15) is 5.11 Å². The Morgan fingerprint density at radius 1 is 1.37 bits per heavy atom. The zero-order valence-electron chi connectivity index (χ0n) is 12.1. The first-order chi connectivity index (χ1) is 8.88. The van der Waals surface area contributed by atoms with E-state index >= 15 is 0 Å². The van der Waals surface area contributed by atoms with Crippen molar-refractivity contribution < 1.29 is 5.11 Å². The Hall–Kier alpha value is -0.770. The molecule has 1 rings (SSSR count). The number of nitrogens with two attached hydrogens (primary N) is 1. The predicted octanol–water partition coefficient (Wildman–Crippen LogP) is 3.24. The fourth-order valence-electron chi connectivity index (χ4n) is 2.12. The molecule has 0 aromatic heterocycles. The molecule has 3 nitrogen and oxygen atoms in total. The van der Waals surface area contributed by atoms with Gasteiger partial charge in [0, 0.05) is 23.7 Å². The average molecular weight is 285 g/mol. The molecule has 0 aliphatic heterocycles. The van der Waals surface area contributed by atoms with E-state index in [2.05, 4.69) is 25.7 Å². The van der Waals surface area contributed by atoms with Crippen LogP contribution in [-0.2, 0) is 6.54 Å².